The summed E-state index contributed by atoms with van der Waals surface area (Å²) in [5, 5.41) is 6.88. The molecule has 0 saturated heterocycles. The van der Waals surface area contributed by atoms with E-state index in [9.17, 15) is 9.59 Å². The Labute approximate surface area is 194 Å². The first-order valence-electron chi connectivity index (χ1n) is 11.0. The number of urea groups is 1. The summed E-state index contributed by atoms with van der Waals surface area (Å²) in [5.41, 5.74) is 3.70. The molecule has 164 valence electrons. The Morgan fingerprint density at radius 3 is 2.67 bits per heavy atom. The number of pyridine rings is 2. The van der Waals surface area contributed by atoms with Crippen LogP contribution in [0, 0.1) is 0 Å². The van der Waals surface area contributed by atoms with Crippen LogP contribution in [0.1, 0.15) is 35.4 Å². The van der Waals surface area contributed by atoms with Gasteiger partial charge in [-0.3, -0.25) is 14.7 Å². The first kappa shape index (κ1) is 19.9. The van der Waals surface area contributed by atoms with Gasteiger partial charge in [0.05, 0.1) is 28.1 Å². The molecule has 4 heterocycles. The highest BCUT2D eigenvalue weighted by molar-refractivity contribution is 7.21. The van der Waals surface area contributed by atoms with Gasteiger partial charge in [-0.1, -0.05) is 43.2 Å². The van der Waals surface area contributed by atoms with Crippen molar-refractivity contribution < 1.29 is 9.59 Å². The first-order valence-corrected chi connectivity index (χ1v) is 11.9. The van der Waals surface area contributed by atoms with Gasteiger partial charge in [0.15, 0.2) is 0 Å². The molecule has 0 bridgehead atoms. The molecular weight excluding hydrogens is 434 g/mol. The molecule has 3 amide bonds. The predicted octanol–water partition coefficient (Wildman–Crippen LogP) is 5.71. The molecule has 4 aromatic rings. The summed E-state index contributed by atoms with van der Waals surface area (Å²) in [4.78, 5) is 38.2. The Balaban J connectivity index is 1.42. The zero-order chi connectivity index (χ0) is 22.4. The van der Waals surface area contributed by atoms with E-state index in [1.54, 1.807) is 17.3 Å². The van der Waals surface area contributed by atoms with Gasteiger partial charge in [0, 0.05) is 24.0 Å². The fourth-order valence-electron chi connectivity index (χ4n) is 4.65. The van der Waals surface area contributed by atoms with Crippen molar-refractivity contribution in [3.8, 4) is 11.3 Å². The molecule has 1 fully saturated rings. The van der Waals surface area contributed by atoms with Gasteiger partial charge in [-0.05, 0) is 31.0 Å². The molecule has 1 saturated carbocycles. The number of nitrogens with zero attached hydrogens (tertiary/aromatic N) is 3. The van der Waals surface area contributed by atoms with Crippen LogP contribution in [0.3, 0.4) is 0 Å². The molecule has 1 aliphatic carbocycles. The summed E-state index contributed by atoms with van der Waals surface area (Å²) in [7, 11) is 0. The zero-order valence-corrected chi connectivity index (χ0v) is 18.6. The van der Waals surface area contributed by atoms with Gasteiger partial charge in [-0.2, -0.15) is 0 Å². The minimum atomic E-state index is -0.312. The number of carbonyl (C=O) groups is 2. The van der Waals surface area contributed by atoms with E-state index < -0.39 is 0 Å². The van der Waals surface area contributed by atoms with Gasteiger partial charge in [0.1, 0.15) is 9.71 Å². The number of carbonyl (C=O) groups excluding carboxylic acids is 2. The van der Waals surface area contributed by atoms with Crippen LogP contribution in [0.15, 0.2) is 60.9 Å². The summed E-state index contributed by atoms with van der Waals surface area (Å²) < 4.78 is 0. The number of anilines is 3. The van der Waals surface area contributed by atoms with Gasteiger partial charge in [0.2, 0.25) is 0 Å². The van der Waals surface area contributed by atoms with E-state index in [0.29, 0.717) is 21.9 Å². The van der Waals surface area contributed by atoms with Crippen molar-refractivity contribution in [3.05, 3.63) is 65.8 Å². The van der Waals surface area contributed by atoms with E-state index >= 15 is 0 Å². The van der Waals surface area contributed by atoms with Crippen molar-refractivity contribution in [1.29, 1.82) is 0 Å². The third kappa shape index (κ3) is 3.43. The lowest BCUT2D eigenvalue weighted by atomic mass is 10.1. The molecule has 7 nitrogen and oxygen atoms in total. The molecular formula is C25H21N5O2S. The molecule has 2 aliphatic rings. The Morgan fingerprint density at radius 1 is 1.06 bits per heavy atom. The van der Waals surface area contributed by atoms with Crippen molar-refractivity contribution in [2.24, 2.45) is 0 Å². The molecule has 8 heteroatoms. The van der Waals surface area contributed by atoms with E-state index in [-0.39, 0.29) is 18.0 Å². The monoisotopic (exact) mass is 455 g/mol. The van der Waals surface area contributed by atoms with Crippen LogP contribution in [0.25, 0.3) is 21.5 Å². The van der Waals surface area contributed by atoms with Crippen molar-refractivity contribution in [2.75, 3.05) is 10.2 Å². The minimum Gasteiger partial charge on any atom is -0.349 e. The van der Waals surface area contributed by atoms with Gasteiger partial charge in [0.25, 0.3) is 5.91 Å². The number of hydrogen-bond donors (Lipinski definition) is 2. The van der Waals surface area contributed by atoms with Crippen LogP contribution in [0.2, 0.25) is 0 Å². The Hall–Kier alpha value is -3.78. The van der Waals surface area contributed by atoms with E-state index in [1.807, 2.05) is 48.5 Å². The van der Waals surface area contributed by atoms with Crippen molar-refractivity contribution in [2.45, 2.75) is 31.7 Å². The zero-order valence-electron chi connectivity index (χ0n) is 17.7. The third-order valence-corrected chi connectivity index (χ3v) is 7.31. The number of amides is 3. The van der Waals surface area contributed by atoms with Crippen LogP contribution in [-0.2, 0) is 0 Å². The van der Waals surface area contributed by atoms with Gasteiger partial charge in [-0.15, -0.1) is 11.3 Å². The van der Waals surface area contributed by atoms with Crippen LogP contribution >= 0.6 is 11.3 Å². The average molecular weight is 456 g/mol. The number of benzene rings is 1. The van der Waals surface area contributed by atoms with E-state index in [0.717, 1.165) is 47.2 Å². The maximum Gasteiger partial charge on any atom is 0.331 e. The number of aromatic nitrogens is 2. The van der Waals surface area contributed by atoms with E-state index in [2.05, 4.69) is 20.6 Å². The lowest BCUT2D eigenvalue weighted by Crippen LogP contribution is -2.36. The molecule has 0 spiro atoms. The maximum absolute atomic E-state index is 13.3. The molecule has 1 aliphatic heterocycles. The maximum atomic E-state index is 13.3. The lowest BCUT2D eigenvalue weighted by Gasteiger charge is -2.28. The first-order chi connectivity index (χ1) is 16.2. The molecule has 0 radical (unpaired) electrons. The minimum absolute atomic E-state index is 0.144. The highest BCUT2D eigenvalue weighted by Gasteiger charge is 2.33. The smallest absolute Gasteiger partial charge is 0.331 e. The quantitative estimate of drug-likeness (QED) is 0.412. The molecule has 33 heavy (non-hydrogen) atoms. The standard InChI is InChI=1S/C25H21N5O2S/c31-23(28-16-8-4-5-9-16)22-21-20-19(11-13-27-24(20)33-22)30(25(32)29-21)17-10-12-26-18(14-17)15-6-2-1-3-7-15/h1-3,6-7,10-14,16H,4-5,8-9H2,(H,28,31)(H,29,32). The highest BCUT2D eigenvalue weighted by atomic mass is 32.1. The fraction of sp³-hybridized carbons (Fsp3) is 0.200. The Morgan fingerprint density at radius 2 is 1.85 bits per heavy atom. The number of thiophene rings is 1. The van der Waals surface area contributed by atoms with Crippen molar-refractivity contribution in [1.82, 2.24) is 15.3 Å². The second kappa shape index (κ2) is 7.97. The van der Waals surface area contributed by atoms with Crippen LogP contribution in [-0.4, -0.2) is 27.9 Å². The second-order valence-corrected chi connectivity index (χ2v) is 9.30. The average Bonchev–Trinajstić information content (AvgIpc) is 3.49. The molecule has 2 N–H and O–H groups in total. The summed E-state index contributed by atoms with van der Waals surface area (Å²) in [6.07, 6.45) is 7.66. The van der Waals surface area contributed by atoms with Crippen LogP contribution in [0.4, 0.5) is 21.9 Å². The molecule has 3 aromatic heterocycles. The summed E-state index contributed by atoms with van der Waals surface area (Å²) >= 11 is 1.32. The van der Waals surface area contributed by atoms with Crippen molar-refractivity contribution >= 4 is 50.6 Å². The van der Waals surface area contributed by atoms with E-state index in [1.165, 1.54) is 11.3 Å². The van der Waals surface area contributed by atoms with Gasteiger partial charge < -0.3 is 10.6 Å². The largest absolute Gasteiger partial charge is 0.349 e. The number of rotatable bonds is 4. The summed E-state index contributed by atoms with van der Waals surface area (Å²) in [6.45, 7) is 0. The summed E-state index contributed by atoms with van der Waals surface area (Å²) in [5.74, 6) is -0.144. The fourth-order valence-corrected chi connectivity index (χ4v) is 5.67. The SMILES string of the molecule is O=C(NC1CCCC1)c1sc2nccc3c2c1NC(=O)N3c1ccnc(-c2ccccc2)c1. The number of hydrogen-bond acceptors (Lipinski definition) is 5. The summed E-state index contributed by atoms with van der Waals surface area (Å²) in [6, 6.07) is 15.3. The molecule has 0 atom stereocenters. The Bertz CT molecular complexity index is 1380. The normalized spacial score (nSPS) is 15.6. The second-order valence-electron chi connectivity index (χ2n) is 8.30. The number of nitrogens with one attached hydrogen (secondary N) is 2. The van der Waals surface area contributed by atoms with E-state index in [4.69, 9.17) is 0 Å². The molecule has 0 unspecified atom stereocenters. The molecule has 1 aromatic carbocycles. The van der Waals surface area contributed by atoms with Crippen molar-refractivity contribution in [3.63, 3.8) is 0 Å². The van der Waals surface area contributed by atoms with Crippen LogP contribution < -0.4 is 15.5 Å². The third-order valence-electron chi connectivity index (χ3n) is 6.21. The van der Waals surface area contributed by atoms with Crippen LogP contribution in [0.5, 0.6) is 0 Å². The molecule has 6 rings (SSSR count). The van der Waals surface area contributed by atoms with Gasteiger partial charge >= 0.3 is 6.03 Å². The Kier molecular flexibility index (Phi) is 4.80. The van der Waals surface area contributed by atoms with Gasteiger partial charge in [-0.25, -0.2) is 9.78 Å². The topological polar surface area (TPSA) is 87.2 Å². The highest BCUT2D eigenvalue weighted by Crippen LogP contribution is 2.46. The predicted molar refractivity (Wildman–Crippen MR) is 130 cm³/mol. The lowest BCUT2D eigenvalue weighted by molar-refractivity contribution is 0.0943.